The van der Waals surface area contributed by atoms with E-state index in [4.69, 9.17) is 14.6 Å². The molecule has 0 aliphatic carbocycles. The predicted molar refractivity (Wildman–Crippen MR) is 99.4 cm³/mol. The van der Waals surface area contributed by atoms with Gasteiger partial charge in [-0.1, -0.05) is 12.1 Å². The number of carboxylic acids is 1. The van der Waals surface area contributed by atoms with Gasteiger partial charge in [-0.25, -0.2) is 4.79 Å². The zero-order valence-electron chi connectivity index (χ0n) is 14.6. The Morgan fingerprint density at radius 3 is 2.22 bits per heavy atom. The summed E-state index contributed by atoms with van der Waals surface area (Å²) in [6.45, 7) is 1.99. The number of hydrogen-bond acceptors (Lipinski definition) is 5. The summed E-state index contributed by atoms with van der Waals surface area (Å²) in [5.41, 5.74) is 1.08. The minimum absolute atomic E-state index is 0.0666. The Bertz CT molecular complexity index is 865. The van der Waals surface area contributed by atoms with Crippen LogP contribution in [0, 0.1) is 11.3 Å². The van der Waals surface area contributed by atoms with E-state index in [9.17, 15) is 14.9 Å². The number of amides is 1. The summed E-state index contributed by atoms with van der Waals surface area (Å²) in [7, 11) is 0. The van der Waals surface area contributed by atoms with E-state index in [2.05, 4.69) is 5.32 Å². The van der Waals surface area contributed by atoms with E-state index in [1.807, 2.05) is 13.0 Å². The largest absolute Gasteiger partial charge is 0.494 e. The molecule has 0 fully saturated rings. The van der Waals surface area contributed by atoms with Gasteiger partial charge < -0.3 is 19.9 Å². The van der Waals surface area contributed by atoms with Crippen molar-refractivity contribution in [1.29, 1.82) is 5.26 Å². The summed E-state index contributed by atoms with van der Waals surface area (Å²) >= 11 is 0. The molecular formula is C20H18N2O5. The number of ether oxygens (including phenoxy) is 2. The molecule has 138 valence electrons. The number of carbonyl (C=O) groups excluding carboxylic acids is 1. The summed E-state index contributed by atoms with van der Waals surface area (Å²) in [6.07, 6.45) is 1.44. The zero-order valence-corrected chi connectivity index (χ0v) is 14.6. The first-order chi connectivity index (χ1) is 13.0. The van der Waals surface area contributed by atoms with Crippen LogP contribution in [-0.2, 0) is 9.59 Å². The van der Waals surface area contributed by atoms with Crippen LogP contribution in [0.15, 0.2) is 54.1 Å². The smallest absolute Gasteiger partial charge is 0.341 e. The van der Waals surface area contributed by atoms with Crippen LogP contribution in [0.25, 0.3) is 6.08 Å². The van der Waals surface area contributed by atoms with Gasteiger partial charge in [0.1, 0.15) is 23.1 Å². The second-order valence-electron chi connectivity index (χ2n) is 5.33. The Hall–Kier alpha value is -3.79. The molecule has 0 radical (unpaired) electrons. The Kier molecular flexibility index (Phi) is 6.97. The lowest BCUT2D eigenvalue weighted by Crippen LogP contribution is -2.13. The summed E-state index contributed by atoms with van der Waals surface area (Å²) in [5.74, 6) is -0.534. The third kappa shape index (κ3) is 6.21. The van der Waals surface area contributed by atoms with Crippen LogP contribution >= 0.6 is 0 Å². The number of rotatable bonds is 8. The molecule has 27 heavy (non-hydrogen) atoms. The highest BCUT2D eigenvalue weighted by molar-refractivity contribution is 6.09. The zero-order chi connectivity index (χ0) is 19.6. The molecule has 0 atom stereocenters. The van der Waals surface area contributed by atoms with Crippen molar-refractivity contribution >= 4 is 23.6 Å². The van der Waals surface area contributed by atoms with Crippen LogP contribution in [0.3, 0.4) is 0 Å². The second-order valence-corrected chi connectivity index (χ2v) is 5.33. The van der Waals surface area contributed by atoms with Crippen molar-refractivity contribution < 1.29 is 24.2 Å². The monoisotopic (exact) mass is 366 g/mol. The molecule has 7 heteroatoms. The van der Waals surface area contributed by atoms with Gasteiger partial charge in [-0.3, -0.25) is 4.79 Å². The van der Waals surface area contributed by atoms with E-state index in [1.165, 1.54) is 6.08 Å². The maximum Gasteiger partial charge on any atom is 0.341 e. The van der Waals surface area contributed by atoms with Crippen molar-refractivity contribution in [3.05, 3.63) is 59.7 Å². The highest BCUT2D eigenvalue weighted by Crippen LogP contribution is 2.18. The van der Waals surface area contributed by atoms with E-state index in [1.54, 1.807) is 48.5 Å². The molecule has 0 heterocycles. The molecular weight excluding hydrogens is 348 g/mol. The number of nitrogens with zero attached hydrogens (tertiary/aromatic N) is 1. The maximum absolute atomic E-state index is 12.3. The first-order valence-corrected chi connectivity index (χ1v) is 8.12. The van der Waals surface area contributed by atoms with Gasteiger partial charge in [0.15, 0.2) is 6.61 Å². The molecule has 0 spiro atoms. The van der Waals surface area contributed by atoms with Gasteiger partial charge in [0.05, 0.1) is 6.61 Å². The third-order valence-electron chi connectivity index (χ3n) is 3.34. The fourth-order valence-electron chi connectivity index (χ4n) is 2.12. The summed E-state index contributed by atoms with van der Waals surface area (Å²) < 4.78 is 10.4. The Balaban J connectivity index is 2.05. The number of carboxylic acid groups (broad SMARTS) is 1. The molecule has 7 nitrogen and oxygen atoms in total. The number of nitrogens with one attached hydrogen (secondary N) is 1. The van der Waals surface area contributed by atoms with Crippen molar-refractivity contribution in [2.45, 2.75) is 6.92 Å². The fraction of sp³-hybridized carbons (Fsp3) is 0.150. The SMILES string of the molecule is CCOc1ccc(NC(=O)C(C#N)=Cc2ccc(OCC(=O)O)cc2)cc1. The summed E-state index contributed by atoms with van der Waals surface area (Å²) in [4.78, 5) is 22.8. The number of benzene rings is 2. The minimum Gasteiger partial charge on any atom is -0.494 e. The Labute approximate surface area is 156 Å². The quantitative estimate of drug-likeness (QED) is 0.549. The van der Waals surface area contributed by atoms with Crippen molar-refractivity contribution in [3.63, 3.8) is 0 Å². The fourth-order valence-corrected chi connectivity index (χ4v) is 2.12. The molecule has 0 saturated carbocycles. The van der Waals surface area contributed by atoms with Crippen molar-refractivity contribution in [3.8, 4) is 17.6 Å². The first kappa shape index (κ1) is 19.5. The average molecular weight is 366 g/mol. The number of carbonyl (C=O) groups is 2. The van der Waals surface area contributed by atoms with Crippen molar-refractivity contribution in [2.24, 2.45) is 0 Å². The first-order valence-electron chi connectivity index (χ1n) is 8.12. The molecule has 0 saturated heterocycles. The van der Waals surface area contributed by atoms with Gasteiger partial charge in [0, 0.05) is 5.69 Å². The molecule has 0 aliphatic heterocycles. The van der Waals surface area contributed by atoms with E-state index in [0.29, 0.717) is 29.4 Å². The van der Waals surface area contributed by atoms with Crippen molar-refractivity contribution in [2.75, 3.05) is 18.5 Å². The van der Waals surface area contributed by atoms with Gasteiger partial charge in [0.25, 0.3) is 5.91 Å². The van der Waals surface area contributed by atoms with Crippen LogP contribution in [0.4, 0.5) is 5.69 Å². The molecule has 0 aliphatic rings. The van der Waals surface area contributed by atoms with E-state index in [-0.39, 0.29) is 5.57 Å². The van der Waals surface area contributed by atoms with Crippen LogP contribution in [0.1, 0.15) is 12.5 Å². The van der Waals surface area contributed by atoms with Gasteiger partial charge in [0.2, 0.25) is 0 Å². The summed E-state index contributed by atoms with van der Waals surface area (Å²) in [6, 6.07) is 15.1. The van der Waals surface area contributed by atoms with Crippen LogP contribution < -0.4 is 14.8 Å². The maximum atomic E-state index is 12.3. The van der Waals surface area contributed by atoms with E-state index in [0.717, 1.165) is 0 Å². The molecule has 2 aromatic rings. The molecule has 0 unspecified atom stereocenters. The second kappa shape index (κ2) is 9.63. The predicted octanol–water partition coefficient (Wildman–Crippen LogP) is 3.09. The van der Waals surface area contributed by atoms with Gasteiger partial charge in [-0.15, -0.1) is 0 Å². The molecule has 2 N–H and O–H groups in total. The van der Waals surface area contributed by atoms with E-state index >= 15 is 0 Å². The lowest BCUT2D eigenvalue weighted by molar-refractivity contribution is -0.139. The van der Waals surface area contributed by atoms with Crippen LogP contribution in [-0.4, -0.2) is 30.2 Å². The number of hydrogen-bond donors (Lipinski definition) is 2. The number of nitriles is 1. The summed E-state index contributed by atoms with van der Waals surface area (Å²) in [5, 5.41) is 20.5. The van der Waals surface area contributed by atoms with Crippen molar-refractivity contribution in [1.82, 2.24) is 0 Å². The average Bonchev–Trinajstić information content (AvgIpc) is 2.67. The third-order valence-corrected chi connectivity index (χ3v) is 3.34. The van der Waals surface area contributed by atoms with Gasteiger partial charge in [-0.05, 0) is 55.0 Å². The van der Waals surface area contributed by atoms with Gasteiger partial charge >= 0.3 is 5.97 Å². The molecule has 0 bridgehead atoms. The highest BCUT2D eigenvalue weighted by atomic mass is 16.5. The molecule has 2 rings (SSSR count). The van der Waals surface area contributed by atoms with E-state index < -0.39 is 18.5 Å². The minimum atomic E-state index is -1.07. The number of anilines is 1. The lowest BCUT2D eigenvalue weighted by Gasteiger charge is -2.07. The normalized spacial score (nSPS) is 10.6. The standard InChI is InChI=1S/C20H18N2O5/c1-2-26-17-9-5-16(6-10-17)22-20(25)15(12-21)11-14-3-7-18(8-4-14)27-13-19(23)24/h3-11H,2,13H2,1H3,(H,22,25)(H,23,24). The topological polar surface area (TPSA) is 109 Å². The molecule has 2 aromatic carbocycles. The Morgan fingerprint density at radius 2 is 1.67 bits per heavy atom. The van der Waals surface area contributed by atoms with Crippen LogP contribution in [0.5, 0.6) is 11.5 Å². The number of aliphatic carboxylic acids is 1. The highest BCUT2D eigenvalue weighted by Gasteiger charge is 2.10. The molecule has 1 amide bonds. The molecule has 0 aromatic heterocycles. The lowest BCUT2D eigenvalue weighted by atomic mass is 10.1. The van der Waals surface area contributed by atoms with Crippen LogP contribution in [0.2, 0.25) is 0 Å². The van der Waals surface area contributed by atoms with Gasteiger partial charge in [-0.2, -0.15) is 5.26 Å². The Morgan fingerprint density at radius 1 is 1.07 bits per heavy atom.